The lowest BCUT2D eigenvalue weighted by Crippen LogP contribution is -2.31. The van der Waals surface area contributed by atoms with Gasteiger partial charge in [0.2, 0.25) is 0 Å². The van der Waals surface area contributed by atoms with Gasteiger partial charge in [-0.2, -0.15) is 0 Å². The van der Waals surface area contributed by atoms with Crippen LogP contribution in [0.25, 0.3) is 0 Å². The van der Waals surface area contributed by atoms with E-state index in [2.05, 4.69) is 31.1 Å². The van der Waals surface area contributed by atoms with Gasteiger partial charge in [0.15, 0.2) is 0 Å². The molecule has 1 atom stereocenters. The Balaban J connectivity index is 2.36. The van der Waals surface area contributed by atoms with E-state index in [1.54, 1.807) is 11.3 Å². The van der Waals surface area contributed by atoms with Gasteiger partial charge in [-0.3, -0.25) is 4.98 Å². The van der Waals surface area contributed by atoms with Crippen molar-refractivity contribution in [3.05, 3.63) is 16.6 Å². The quantitative estimate of drug-likeness (QED) is 0.773. The predicted molar refractivity (Wildman–Crippen MR) is 67.4 cm³/mol. The van der Waals surface area contributed by atoms with Gasteiger partial charge in [-0.05, 0) is 31.7 Å². The molecule has 0 fully saturated rings. The molecule has 0 saturated carbocycles. The van der Waals surface area contributed by atoms with Gasteiger partial charge in [-0.25, -0.2) is 0 Å². The van der Waals surface area contributed by atoms with E-state index < -0.39 is 0 Å². The molecule has 0 aliphatic rings. The van der Waals surface area contributed by atoms with Gasteiger partial charge in [-0.1, -0.05) is 20.8 Å². The van der Waals surface area contributed by atoms with Gasteiger partial charge in [0, 0.05) is 17.1 Å². The third-order valence-electron chi connectivity index (χ3n) is 2.52. The van der Waals surface area contributed by atoms with Crippen LogP contribution in [0.2, 0.25) is 0 Å². The molecule has 0 spiro atoms. The smallest absolute Gasteiger partial charge is 0.0794 e. The van der Waals surface area contributed by atoms with Crippen molar-refractivity contribution >= 4 is 11.3 Å². The third kappa shape index (κ3) is 5.28. The highest BCUT2D eigenvalue weighted by Crippen LogP contribution is 2.14. The van der Waals surface area contributed by atoms with Crippen molar-refractivity contribution in [1.82, 2.24) is 10.3 Å². The van der Waals surface area contributed by atoms with Crippen LogP contribution in [-0.4, -0.2) is 17.6 Å². The molecule has 15 heavy (non-hydrogen) atoms. The number of thiazole rings is 1. The molecular formula is C12H22N2S. The zero-order chi connectivity index (χ0) is 11.1. The molecule has 0 bridgehead atoms. The highest BCUT2D eigenvalue weighted by Gasteiger charge is 2.09. The van der Waals surface area contributed by atoms with Crippen LogP contribution in [0.1, 0.15) is 38.5 Å². The number of hydrogen-bond donors (Lipinski definition) is 1. The number of nitrogens with one attached hydrogen (secondary N) is 1. The maximum absolute atomic E-state index is 4.12. The van der Waals surface area contributed by atoms with Crippen molar-refractivity contribution in [2.45, 2.75) is 46.1 Å². The van der Waals surface area contributed by atoms with E-state index in [0.29, 0.717) is 6.04 Å². The van der Waals surface area contributed by atoms with Crippen LogP contribution < -0.4 is 5.32 Å². The fraction of sp³-hybridized carbons (Fsp3) is 0.750. The second-order valence-corrected chi connectivity index (χ2v) is 5.37. The van der Waals surface area contributed by atoms with Crippen molar-refractivity contribution in [1.29, 1.82) is 0 Å². The largest absolute Gasteiger partial charge is 0.314 e. The maximum Gasteiger partial charge on any atom is 0.0794 e. The minimum atomic E-state index is 0.623. The summed E-state index contributed by atoms with van der Waals surface area (Å²) in [6, 6.07) is 0.623. The fourth-order valence-corrected chi connectivity index (χ4v) is 2.36. The van der Waals surface area contributed by atoms with E-state index >= 15 is 0 Å². The Morgan fingerprint density at radius 2 is 2.20 bits per heavy atom. The standard InChI is InChI=1S/C12H22N2S/c1-4-14-11(6-5-10(2)3)7-12-8-13-9-15-12/h8-11,14H,4-7H2,1-3H3. The van der Waals surface area contributed by atoms with Crippen LogP contribution in [0.3, 0.4) is 0 Å². The molecule has 0 radical (unpaired) electrons. The number of aromatic nitrogens is 1. The monoisotopic (exact) mass is 226 g/mol. The summed E-state index contributed by atoms with van der Waals surface area (Å²) in [6.45, 7) is 7.81. The number of likely N-dealkylation sites (N-methyl/N-ethyl adjacent to an activating group) is 1. The molecule has 1 aromatic rings. The Hall–Kier alpha value is -0.410. The van der Waals surface area contributed by atoms with E-state index in [-0.39, 0.29) is 0 Å². The normalized spacial score (nSPS) is 13.3. The Bertz CT molecular complexity index is 244. The summed E-state index contributed by atoms with van der Waals surface area (Å²) < 4.78 is 0. The van der Waals surface area contributed by atoms with Gasteiger partial charge in [-0.15, -0.1) is 11.3 Å². The number of hydrogen-bond acceptors (Lipinski definition) is 3. The second kappa shape index (κ2) is 6.96. The molecule has 1 rings (SSSR count). The molecule has 1 N–H and O–H groups in total. The highest BCUT2D eigenvalue weighted by atomic mass is 32.1. The Morgan fingerprint density at radius 3 is 2.73 bits per heavy atom. The summed E-state index contributed by atoms with van der Waals surface area (Å²) in [5.41, 5.74) is 1.92. The van der Waals surface area contributed by atoms with Crippen LogP contribution in [0.5, 0.6) is 0 Å². The average Bonchev–Trinajstić information content (AvgIpc) is 2.67. The lowest BCUT2D eigenvalue weighted by molar-refractivity contribution is 0.436. The Morgan fingerprint density at radius 1 is 1.40 bits per heavy atom. The molecule has 1 aromatic heterocycles. The topological polar surface area (TPSA) is 24.9 Å². The van der Waals surface area contributed by atoms with Gasteiger partial charge in [0.05, 0.1) is 5.51 Å². The van der Waals surface area contributed by atoms with Crippen LogP contribution >= 0.6 is 11.3 Å². The van der Waals surface area contributed by atoms with Crippen LogP contribution in [-0.2, 0) is 6.42 Å². The number of nitrogens with zero attached hydrogens (tertiary/aromatic N) is 1. The lowest BCUT2D eigenvalue weighted by atomic mass is 10.0. The molecular weight excluding hydrogens is 204 g/mol. The van der Waals surface area contributed by atoms with Crippen LogP contribution in [0.15, 0.2) is 11.7 Å². The molecule has 86 valence electrons. The molecule has 0 amide bonds. The first-order valence-corrected chi connectivity index (χ1v) is 6.71. The molecule has 3 heteroatoms. The Kier molecular flexibility index (Phi) is 5.88. The van der Waals surface area contributed by atoms with Gasteiger partial charge >= 0.3 is 0 Å². The van der Waals surface area contributed by atoms with Gasteiger partial charge < -0.3 is 5.32 Å². The van der Waals surface area contributed by atoms with E-state index in [1.807, 2.05) is 11.7 Å². The van der Waals surface area contributed by atoms with E-state index in [0.717, 1.165) is 18.9 Å². The van der Waals surface area contributed by atoms with Crippen molar-refractivity contribution in [2.75, 3.05) is 6.54 Å². The second-order valence-electron chi connectivity index (χ2n) is 4.40. The molecule has 2 nitrogen and oxygen atoms in total. The summed E-state index contributed by atoms with van der Waals surface area (Å²) in [5, 5.41) is 3.56. The summed E-state index contributed by atoms with van der Waals surface area (Å²) in [5.74, 6) is 0.799. The van der Waals surface area contributed by atoms with Crippen molar-refractivity contribution in [3.63, 3.8) is 0 Å². The first-order chi connectivity index (χ1) is 7.22. The fourth-order valence-electron chi connectivity index (χ4n) is 1.69. The minimum absolute atomic E-state index is 0.623. The first kappa shape index (κ1) is 12.7. The van der Waals surface area contributed by atoms with Gasteiger partial charge in [0.25, 0.3) is 0 Å². The summed E-state index contributed by atoms with van der Waals surface area (Å²) >= 11 is 1.76. The molecule has 0 aliphatic heterocycles. The molecule has 1 unspecified atom stereocenters. The van der Waals surface area contributed by atoms with E-state index in [9.17, 15) is 0 Å². The summed E-state index contributed by atoms with van der Waals surface area (Å²) in [6.07, 6.45) is 5.69. The van der Waals surface area contributed by atoms with Crippen molar-refractivity contribution in [2.24, 2.45) is 5.92 Å². The zero-order valence-electron chi connectivity index (χ0n) is 9.99. The van der Waals surface area contributed by atoms with Crippen molar-refractivity contribution < 1.29 is 0 Å². The molecule has 0 saturated heterocycles. The highest BCUT2D eigenvalue weighted by molar-refractivity contribution is 7.09. The molecule has 1 heterocycles. The number of rotatable bonds is 7. The van der Waals surface area contributed by atoms with Crippen LogP contribution in [0.4, 0.5) is 0 Å². The van der Waals surface area contributed by atoms with Gasteiger partial charge in [0.1, 0.15) is 0 Å². The zero-order valence-corrected chi connectivity index (χ0v) is 10.8. The lowest BCUT2D eigenvalue weighted by Gasteiger charge is -2.17. The van der Waals surface area contributed by atoms with Crippen LogP contribution in [0, 0.1) is 5.92 Å². The van der Waals surface area contributed by atoms with Crippen molar-refractivity contribution in [3.8, 4) is 0 Å². The average molecular weight is 226 g/mol. The predicted octanol–water partition coefficient (Wildman–Crippen LogP) is 3.10. The molecule has 0 aliphatic carbocycles. The third-order valence-corrected chi connectivity index (χ3v) is 3.32. The summed E-state index contributed by atoms with van der Waals surface area (Å²) in [4.78, 5) is 5.51. The van der Waals surface area contributed by atoms with E-state index in [4.69, 9.17) is 0 Å². The maximum atomic E-state index is 4.12. The summed E-state index contributed by atoms with van der Waals surface area (Å²) in [7, 11) is 0. The van der Waals surface area contributed by atoms with E-state index in [1.165, 1.54) is 17.7 Å². The minimum Gasteiger partial charge on any atom is -0.314 e. The molecule has 0 aromatic carbocycles. The SMILES string of the molecule is CCNC(CCC(C)C)Cc1cncs1. The first-order valence-electron chi connectivity index (χ1n) is 5.83. The Labute approximate surface area is 97.1 Å².